The summed E-state index contributed by atoms with van der Waals surface area (Å²) in [5.41, 5.74) is 3.29. The van der Waals surface area contributed by atoms with Gasteiger partial charge in [0, 0.05) is 0 Å². The highest BCUT2D eigenvalue weighted by Gasteiger charge is 1.89. The summed E-state index contributed by atoms with van der Waals surface area (Å²) in [6, 6.07) is 17.7. The van der Waals surface area contributed by atoms with E-state index in [1.54, 1.807) is 6.08 Å². The van der Waals surface area contributed by atoms with Crippen molar-refractivity contribution >= 4 is 18.2 Å². The van der Waals surface area contributed by atoms with Gasteiger partial charge in [0.25, 0.3) is 0 Å². The van der Waals surface area contributed by atoms with Crippen LogP contribution in [0.4, 0.5) is 0 Å². The van der Waals surface area contributed by atoms with E-state index in [1.165, 1.54) is 0 Å². The van der Waals surface area contributed by atoms with Crippen LogP contribution in [0.25, 0.3) is 18.2 Å². The topological polar surface area (TPSA) is 20.2 Å². The van der Waals surface area contributed by atoms with Crippen molar-refractivity contribution in [2.24, 2.45) is 0 Å². The van der Waals surface area contributed by atoms with Gasteiger partial charge >= 0.3 is 0 Å². The number of rotatable bonds is 3. The van der Waals surface area contributed by atoms with Crippen molar-refractivity contribution in [1.82, 2.24) is 0 Å². The predicted octanol–water partition coefficient (Wildman–Crippen LogP) is 5.19. The highest BCUT2D eigenvalue weighted by atomic mass is 16.2. The second kappa shape index (κ2) is 8.54. The molecule has 1 N–H and O–H groups in total. The van der Waals surface area contributed by atoms with Crippen molar-refractivity contribution in [2.45, 2.75) is 0 Å². The molecule has 0 atom stereocenters. The van der Waals surface area contributed by atoms with E-state index in [2.05, 4.69) is 13.2 Å². The van der Waals surface area contributed by atoms with Gasteiger partial charge in [0.05, 0.1) is 6.26 Å². The summed E-state index contributed by atoms with van der Waals surface area (Å²) >= 11 is 0. The molecule has 0 bridgehead atoms. The Kier molecular flexibility index (Phi) is 6.52. The summed E-state index contributed by atoms with van der Waals surface area (Å²) in [7, 11) is 0. The molecule has 0 heterocycles. The van der Waals surface area contributed by atoms with Crippen LogP contribution in [0.1, 0.15) is 16.7 Å². The summed E-state index contributed by atoms with van der Waals surface area (Å²) < 4.78 is 0. The molecule has 19 heavy (non-hydrogen) atoms. The highest BCUT2D eigenvalue weighted by Crippen LogP contribution is 2.10. The lowest BCUT2D eigenvalue weighted by molar-refractivity contribution is 0.478. The number of aliphatic hydroxyl groups excluding tert-OH is 1. The van der Waals surface area contributed by atoms with Gasteiger partial charge in [-0.25, -0.2) is 0 Å². The van der Waals surface area contributed by atoms with Crippen LogP contribution in [0.5, 0.6) is 0 Å². The van der Waals surface area contributed by atoms with E-state index < -0.39 is 0 Å². The van der Waals surface area contributed by atoms with Crippen LogP contribution < -0.4 is 0 Å². The molecule has 0 saturated carbocycles. The lowest BCUT2D eigenvalue weighted by atomic mass is 10.1. The summed E-state index contributed by atoms with van der Waals surface area (Å²) in [6.07, 6.45) is 6.34. The van der Waals surface area contributed by atoms with E-state index in [0.717, 1.165) is 23.0 Å². The molecule has 0 aliphatic rings. The van der Waals surface area contributed by atoms with Gasteiger partial charge < -0.3 is 5.11 Å². The largest absolute Gasteiger partial charge is 0.516 e. The molecule has 0 fully saturated rings. The Labute approximate surface area is 114 Å². The maximum atomic E-state index is 8.34. The molecule has 0 aromatic heterocycles. The van der Waals surface area contributed by atoms with Gasteiger partial charge in [0.15, 0.2) is 0 Å². The van der Waals surface area contributed by atoms with Gasteiger partial charge in [-0.05, 0) is 22.8 Å². The van der Waals surface area contributed by atoms with Crippen LogP contribution in [0.15, 0.2) is 74.0 Å². The third-order valence-electron chi connectivity index (χ3n) is 2.50. The molecule has 0 saturated heterocycles. The molecule has 0 amide bonds. The van der Waals surface area contributed by atoms with Crippen LogP contribution >= 0.6 is 0 Å². The molecule has 0 spiro atoms. The fraction of sp³-hybridized carbons (Fsp3) is 0. The van der Waals surface area contributed by atoms with Crippen molar-refractivity contribution in [1.29, 1.82) is 0 Å². The SMILES string of the molecule is C=Cc1ccccc1C=C.OC=Cc1ccccc1. The lowest BCUT2D eigenvalue weighted by Gasteiger charge is -1.96. The van der Waals surface area contributed by atoms with E-state index in [4.69, 9.17) is 5.11 Å². The van der Waals surface area contributed by atoms with Crippen LogP contribution in [0.3, 0.4) is 0 Å². The Hall–Kier alpha value is -2.54. The Morgan fingerprint density at radius 3 is 1.63 bits per heavy atom. The number of benzene rings is 2. The van der Waals surface area contributed by atoms with Gasteiger partial charge in [-0.1, -0.05) is 79.9 Å². The Morgan fingerprint density at radius 1 is 0.737 bits per heavy atom. The monoisotopic (exact) mass is 250 g/mol. The minimum Gasteiger partial charge on any atom is -0.516 e. The molecular weight excluding hydrogens is 232 g/mol. The molecule has 1 heteroatoms. The molecular formula is C18H18O. The third-order valence-corrected chi connectivity index (χ3v) is 2.50. The van der Waals surface area contributed by atoms with Gasteiger partial charge in [-0.2, -0.15) is 0 Å². The van der Waals surface area contributed by atoms with Crippen molar-refractivity contribution in [3.05, 3.63) is 90.7 Å². The van der Waals surface area contributed by atoms with E-state index in [0.29, 0.717) is 0 Å². The number of hydrogen-bond acceptors (Lipinski definition) is 1. The maximum Gasteiger partial charge on any atom is 0.0797 e. The Bertz CT molecular complexity index is 512. The molecule has 2 aromatic rings. The molecule has 1 nitrogen and oxygen atoms in total. The first kappa shape index (κ1) is 14.5. The Balaban J connectivity index is 0.000000191. The van der Waals surface area contributed by atoms with Crippen molar-refractivity contribution < 1.29 is 5.11 Å². The maximum absolute atomic E-state index is 8.34. The first-order chi connectivity index (χ1) is 9.31. The van der Waals surface area contributed by atoms with Crippen LogP contribution in [0.2, 0.25) is 0 Å². The first-order valence-electron chi connectivity index (χ1n) is 6.01. The van der Waals surface area contributed by atoms with Crippen molar-refractivity contribution in [2.75, 3.05) is 0 Å². The summed E-state index contributed by atoms with van der Waals surface area (Å²) in [5, 5.41) is 8.34. The quantitative estimate of drug-likeness (QED) is 0.743. The fourth-order valence-electron chi connectivity index (χ4n) is 1.53. The standard InChI is InChI=1S/C10H10.C8H8O/c1-3-9-7-5-6-8-10(9)4-2;9-7-6-8-4-2-1-3-5-8/h3-8H,1-2H2;1-7,9H. The third kappa shape index (κ3) is 5.09. The summed E-state index contributed by atoms with van der Waals surface area (Å²) in [5.74, 6) is 0. The summed E-state index contributed by atoms with van der Waals surface area (Å²) in [4.78, 5) is 0. The van der Waals surface area contributed by atoms with Crippen LogP contribution in [-0.4, -0.2) is 5.11 Å². The zero-order valence-electron chi connectivity index (χ0n) is 10.9. The summed E-state index contributed by atoms with van der Waals surface area (Å²) in [6.45, 7) is 7.38. The lowest BCUT2D eigenvalue weighted by Crippen LogP contribution is -1.76. The van der Waals surface area contributed by atoms with Crippen LogP contribution in [-0.2, 0) is 0 Å². The molecule has 2 aromatic carbocycles. The predicted molar refractivity (Wildman–Crippen MR) is 84.7 cm³/mol. The van der Waals surface area contributed by atoms with E-state index in [9.17, 15) is 0 Å². The number of hydrogen-bond donors (Lipinski definition) is 1. The average molecular weight is 250 g/mol. The second-order valence-corrected chi connectivity index (χ2v) is 3.76. The van der Waals surface area contributed by atoms with E-state index >= 15 is 0 Å². The average Bonchev–Trinajstić information content (AvgIpc) is 2.49. The normalized spacial score (nSPS) is 9.47. The Morgan fingerprint density at radius 2 is 1.21 bits per heavy atom. The van der Waals surface area contributed by atoms with E-state index in [-0.39, 0.29) is 0 Å². The van der Waals surface area contributed by atoms with Crippen molar-refractivity contribution in [3.8, 4) is 0 Å². The first-order valence-corrected chi connectivity index (χ1v) is 6.01. The molecule has 96 valence electrons. The molecule has 0 aliphatic heterocycles. The highest BCUT2D eigenvalue weighted by molar-refractivity contribution is 5.63. The van der Waals surface area contributed by atoms with Gasteiger partial charge in [-0.15, -0.1) is 0 Å². The molecule has 0 aliphatic carbocycles. The van der Waals surface area contributed by atoms with Gasteiger partial charge in [-0.3, -0.25) is 0 Å². The van der Waals surface area contributed by atoms with E-state index in [1.807, 2.05) is 66.7 Å². The zero-order chi connectivity index (χ0) is 13.9. The van der Waals surface area contributed by atoms with Gasteiger partial charge in [0.1, 0.15) is 0 Å². The molecule has 2 rings (SSSR count). The fourth-order valence-corrected chi connectivity index (χ4v) is 1.53. The van der Waals surface area contributed by atoms with Crippen LogP contribution in [0, 0.1) is 0 Å². The van der Waals surface area contributed by atoms with Crippen molar-refractivity contribution in [3.63, 3.8) is 0 Å². The minimum absolute atomic E-state index is 1.01. The molecule has 0 unspecified atom stereocenters. The smallest absolute Gasteiger partial charge is 0.0797 e. The molecule has 0 radical (unpaired) electrons. The van der Waals surface area contributed by atoms with Gasteiger partial charge in [0.2, 0.25) is 0 Å². The zero-order valence-corrected chi connectivity index (χ0v) is 10.9. The second-order valence-electron chi connectivity index (χ2n) is 3.76. The number of aliphatic hydroxyl groups is 1. The minimum atomic E-state index is 1.01.